The summed E-state index contributed by atoms with van der Waals surface area (Å²) in [5.41, 5.74) is 2.08. The van der Waals surface area contributed by atoms with Crippen molar-refractivity contribution in [1.29, 1.82) is 0 Å². The van der Waals surface area contributed by atoms with Gasteiger partial charge >= 0.3 is 0 Å². The maximum Gasteiger partial charge on any atom is 0.248 e. The molecule has 150 valence electrons. The normalized spacial score (nSPS) is 14.5. The van der Waals surface area contributed by atoms with E-state index in [-0.39, 0.29) is 16.8 Å². The Morgan fingerprint density at radius 1 is 1.17 bits per heavy atom. The number of sulfonamides is 1. The van der Waals surface area contributed by atoms with Crippen LogP contribution < -0.4 is 10.0 Å². The van der Waals surface area contributed by atoms with Gasteiger partial charge in [-0.2, -0.15) is 0 Å². The number of anilines is 1. The maximum atomic E-state index is 12.4. The third kappa shape index (κ3) is 4.41. The zero-order chi connectivity index (χ0) is 20.4. The average molecular weight is 410 g/mol. The van der Waals surface area contributed by atoms with Gasteiger partial charge in [0.05, 0.1) is 4.90 Å². The molecule has 1 fully saturated rings. The minimum absolute atomic E-state index is 0.0266. The monoisotopic (exact) mass is 410 g/mol. The van der Waals surface area contributed by atoms with E-state index >= 15 is 0 Å². The SMILES string of the molecule is CCc1oc2ccccc2c1C=CC(=O)Nc1cccc(S(=O)(=O)NC2CC2)c1. The zero-order valence-corrected chi connectivity index (χ0v) is 16.8. The summed E-state index contributed by atoms with van der Waals surface area (Å²) in [5, 5.41) is 3.67. The minimum Gasteiger partial charge on any atom is -0.460 e. The van der Waals surface area contributed by atoms with E-state index in [9.17, 15) is 13.2 Å². The predicted octanol–water partition coefficient (Wildman–Crippen LogP) is 4.09. The molecule has 3 aromatic rings. The fourth-order valence-corrected chi connectivity index (χ4v) is 4.48. The molecule has 0 atom stereocenters. The van der Waals surface area contributed by atoms with E-state index in [0.29, 0.717) is 12.1 Å². The average Bonchev–Trinajstić information content (AvgIpc) is 3.43. The van der Waals surface area contributed by atoms with Gasteiger partial charge in [-0.3, -0.25) is 4.79 Å². The van der Waals surface area contributed by atoms with Gasteiger partial charge in [0.25, 0.3) is 0 Å². The lowest BCUT2D eigenvalue weighted by atomic mass is 10.1. The number of hydrogen-bond acceptors (Lipinski definition) is 4. The number of benzene rings is 2. The summed E-state index contributed by atoms with van der Waals surface area (Å²) in [4.78, 5) is 12.5. The van der Waals surface area contributed by atoms with E-state index in [4.69, 9.17) is 4.42 Å². The number of hydrogen-bond donors (Lipinski definition) is 2. The van der Waals surface area contributed by atoms with Gasteiger partial charge in [0.2, 0.25) is 15.9 Å². The summed E-state index contributed by atoms with van der Waals surface area (Å²) >= 11 is 0. The first-order chi connectivity index (χ1) is 14.0. The van der Waals surface area contributed by atoms with Crippen molar-refractivity contribution in [3.05, 3.63) is 65.9 Å². The van der Waals surface area contributed by atoms with E-state index < -0.39 is 10.0 Å². The molecule has 0 radical (unpaired) electrons. The van der Waals surface area contributed by atoms with Crippen molar-refractivity contribution in [2.75, 3.05) is 5.32 Å². The highest BCUT2D eigenvalue weighted by Gasteiger charge is 2.28. The molecule has 0 saturated heterocycles. The van der Waals surface area contributed by atoms with E-state index in [1.165, 1.54) is 18.2 Å². The van der Waals surface area contributed by atoms with E-state index in [1.807, 2.05) is 31.2 Å². The second-order valence-electron chi connectivity index (χ2n) is 7.03. The molecular weight excluding hydrogens is 388 g/mol. The minimum atomic E-state index is -3.57. The summed E-state index contributed by atoms with van der Waals surface area (Å²) in [5.74, 6) is 0.469. The molecule has 1 saturated carbocycles. The molecule has 0 aliphatic heterocycles. The van der Waals surface area contributed by atoms with Crippen molar-refractivity contribution in [3.8, 4) is 0 Å². The van der Waals surface area contributed by atoms with Crippen LogP contribution in [0.3, 0.4) is 0 Å². The van der Waals surface area contributed by atoms with Crippen LogP contribution in [-0.4, -0.2) is 20.4 Å². The second-order valence-corrected chi connectivity index (χ2v) is 8.75. The summed E-state index contributed by atoms with van der Waals surface area (Å²) in [6.45, 7) is 2.00. The Hall–Kier alpha value is -2.90. The van der Waals surface area contributed by atoms with Crippen molar-refractivity contribution in [2.24, 2.45) is 0 Å². The number of rotatable bonds is 7. The molecule has 4 rings (SSSR count). The largest absolute Gasteiger partial charge is 0.460 e. The molecule has 1 aliphatic rings. The number of carbonyl (C=O) groups is 1. The Morgan fingerprint density at radius 3 is 2.72 bits per heavy atom. The molecule has 0 spiro atoms. The standard InChI is InChI=1S/C22H22N2O4S/c1-2-20-19(18-8-3-4-9-21(18)28-20)12-13-22(25)23-16-6-5-7-17(14-16)29(26,27)24-15-10-11-15/h3-9,12-15,24H,2,10-11H2,1H3,(H,23,25). The molecular formula is C22H22N2O4S. The Morgan fingerprint density at radius 2 is 1.97 bits per heavy atom. The molecule has 0 unspecified atom stereocenters. The first kappa shape index (κ1) is 19.4. The predicted molar refractivity (Wildman–Crippen MR) is 113 cm³/mol. The van der Waals surface area contributed by atoms with Crippen molar-refractivity contribution >= 4 is 38.7 Å². The Kier molecular flexibility index (Phi) is 5.25. The number of aryl methyl sites for hydroxylation is 1. The smallest absolute Gasteiger partial charge is 0.248 e. The Balaban J connectivity index is 1.51. The lowest BCUT2D eigenvalue weighted by Gasteiger charge is -2.08. The summed E-state index contributed by atoms with van der Waals surface area (Å²) in [7, 11) is -3.57. The van der Waals surface area contributed by atoms with E-state index in [1.54, 1.807) is 18.2 Å². The molecule has 1 aliphatic carbocycles. The van der Waals surface area contributed by atoms with Crippen molar-refractivity contribution < 1.29 is 17.6 Å². The van der Waals surface area contributed by atoms with Gasteiger partial charge < -0.3 is 9.73 Å². The van der Waals surface area contributed by atoms with Crippen molar-refractivity contribution in [3.63, 3.8) is 0 Å². The summed E-state index contributed by atoms with van der Waals surface area (Å²) in [6, 6.07) is 14.0. The fourth-order valence-electron chi connectivity index (χ4n) is 3.13. The van der Waals surface area contributed by atoms with Crippen LogP contribution in [0.25, 0.3) is 17.0 Å². The molecule has 0 bridgehead atoms. The topological polar surface area (TPSA) is 88.4 Å². The highest BCUT2D eigenvalue weighted by Crippen LogP contribution is 2.27. The number of carbonyl (C=O) groups excluding carboxylic acids is 1. The third-order valence-corrected chi connectivity index (χ3v) is 6.26. The van der Waals surface area contributed by atoms with E-state index in [2.05, 4.69) is 10.0 Å². The zero-order valence-electron chi connectivity index (χ0n) is 16.0. The molecule has 29 heavy (non-hydrogen) atoms. The molecule has 1 heterocycles. The quantitative estimate of drug-likeness (QED) is 0.574. The first-order valence-corrected chi connectivity index (χ1v) is 11.1. The van der Waals surface area contributed by atoms with E-state index in [0.717, 1.165) is 35.1 Å². The van der Waals surface area contributed by atoms with Crippen LogP contribution in [0.15, 0.2) is 63.9 Å². The van der Waals surface area contributed by atoms with Gasteiger partial charge in [-0.15, -0.1) is 0 Å². The fraction of sp³-hybridized carbons (Fsp3) is 0.227. The van der Waals surface area contributed by atoms with Crippen LogP contribution >= 0.6 is 0 Å². The van der Waals surface area contributed by atoms with Gasteiger partial charge in [-0.25, -0.2) is 13.1 Å². The number of nitrogens with one attached hydrogen (secondary N) is 2. The van der Waals surface area contributed by atoms with Crippen LogP contribution in [0.2, 0.25) is 0 Å². The summed E-state index contributed by atoms with van der Waals surface area (Å²) < 4.78 is 33.2. The van der Waals surface area contributed by atoms with Crippen LogP contribution in [-0.2, 0) is 21.2 Å². The molecule has 1 amide bonds. The number of fused-ring (bicyclic) bond motifs is 1. The van der Waals surface area contributed by atoms with Gasteiger partial charge in [-0.1, -0.05) is 31.2 Å². The van der Waals surface area contributed by atoms with Crippen LogP contribution in [0.1, 0.15) is 31.1 Å². The molecule has 2 aromatic carbocycles. The number of furan rings is 1. The molecule has 7 heteroatoms. The lowest BCUT2D eigenvalue weighted by molar-refractivity contribution is -0.111. The van der Waals surface area contributed by atoms with Gasteiger partial charge in [0.1, 0.15) is 11.3 Å². The van der Waals surface area contributed by atoms with Crippen LogP contribution in [0.5, 0.6) is 0 Å². The Bertz CT molecular complexity index is 1190. The highest BCUT2D eigenvalue weighted by molar-refractivity contribution is 7.89. The van der Waals surface area contributed by atoms with Gasteiger partial charge in [0, 0.05) is 35.2 Å². The number of amides is 1. The first-order valence-electron chi connectivity index (χ1n) is 9.58. The third-order valence-electron chi connectivity index (χ3n) is 4.74. The maximum absolute atomic E-state index is 12.4. The summed E-state index contributed by atoms with van der Waals surface area (Å²) in [6.07, 6.45) is 5.60. The Labute approximate surface area is 169 Å². The van der Waals surface area contributed by atoms with Crippen molar-refractivity contribution in [2.45, 2.75) is 37.1 Å². The molecule has 2 N–H and O–H groups in total. The van der Waals surface area contributed by atoms with Crippen molar-refractivity contribution in [1.82, 2.24) is 4.72 Å². The second kappa shape index (κ2) is 7.85. The van der Waals surface area contributed by atoms with Gasteiger partial charge in [0.15, 0.2) is 0 Å². The van der Waals surface area contributed by atoms with Crippen LogP contribution in [0.4, 0.5) is 5.69 Å². The van der Waals surface area contributed by atoms with Crippen LogP contribution in [0, 0.1) is 0 Å². The molecule has 1 aromatic heterocycles. The van der Waals surface area contributed by atoms with Gasteiger partial charge in [-0.05, 0) is 43.2 Å². The lowest BCUT2D eigenvalue weighted by Crippen LogP contribution is -2.25. The number of para-hydroxylation sites is 1. The molecule has 6 nitrogen and oxygen atoms in total. The highest BCUT2D eigenvalue weighted by atomic mass is 32.2.